The number of likely N-dealkylation sites (N-methyl/N-ethyl adjacent to an activating group) is 1. The van der Waals surface area contributed by atoms with E-state index >= 15 is 0 Å². The van der Waals surface area contributed by atoms with E-state index in [1.807, 2.05) is 62.4 Å². The lowest BCUT2D eigenvalue weighted by atomic mass is 9.94. The molecule has 1 heterocycles. The van der Waals surface area contributed by atoms with Crippen molar-refractivity contribution < 1.29 is 19.2 Å². The molecule has 1 fully saturated rings. The van der Waals surface area contributed by atoms with Crippen LogP contribution in [-0.2, 0) is 33.8 Å². The zero-order chi connectivity index (χ0) is 27.9. The summed E-state index contributed by atoms with van der Waals surface area (Å²) in [6.45, 7) is 4.01. The first-order valence-corrected chi connectivity index (χ1v) is 14.4. The Morgan fingerprint density at radius 1 is 1.03 bits per heavy atom. The largest absolute Gasteiger partial charge is 0.329 e. The Kier molecular flexibility index (Phi) is 7.13. The number of imide groups is 1. The Labute approximate surface area is 241 Å². The number of urea groups is 1. The number of halogens is 1. The standard InChI is InChI=1S/C30H31IN4O4/c1-29(2,18-31)27(38)35(16-19-8-9-20-6-4-5-7-21(20)12-19)17-25(36)32-24-11-10-22-14-30(15-23(22)13-24)26(37)33-28(39)34(30)3/h4-13H,14-18H2,1-3H3,(H,32,36)(H,33,37,39)/t30-/m0/s1. The summed E-state index contributed by atoms with van der Waals surface area (Å²) >= 11 is 2.21. The predicted octanol–water partition coefficient (Wildman–Crippen LogP) is 4.29. The van der Waals surface area contributed by atoms with Gasteiger partial charge in [0.1, 0.15) is 12.1 Å². The van der Waals surface area contributed by atoms with Crippen LogP contribution in [0.5, 0.6) is 0 Å². The van der Waals surface area contributed by atoms with Gasteiger partial charge >= 0.3 is 6.03 Å². The van der Waals surface area contributed by atoms with E-state index in [-0.39, 0.29) is 24.3 Å². The maximum atomic E-state index is 13.5. The van der Waals surface area contributed by atoms with E-state index in [4.69, 9.17) is 0 Å². The number of amides is 5. The summed E-state index contributed by atoms with van der Waals surface area (Å²) in [6.07, 6.45) is 0.820. The number of carbonyl (C=O) groups is 4. The Morgan fingerprint density at radius 3 is 2.44 bits per heavy atom. The van der Waals surface area contributed by atoms with E-state index in [1.54, 1.807) is 18.0 Å². The summed E-state index contributed by atoms with van der Waals surface area (Å²) in [5, 5.41) is 7.54. The van der Waals surface area contributed by atoms with Gasteiger partial charge in [0, 0.05) is 36.5 Å². The molecule has 3 aromatic rings. The molecule has 0 unspecified atom stereocenters. The molecular weight excluding hydrogens is 607 g/mol. The highest BCUT2D eigenvalue weighted by Gasteiger charge is 2.54. The molecule has 1 aliphatic heterocycles. The van der Waals surface area contributed by atoms with Crippen LogP contribution < -0.4 is 10.6 Å². The number of fused-ring (bicyclic) bond motifs is 2. The fraction of sp³-hybridized carbons (Fsp3) is 0.333. The van der Waals surface area contributed by atoms with Crippen LogP contribution >= 0.6 is 22.6 Å². The molecule has 1 spiro atoms. The quantitative estimate of drug-likeness (QED) is 0.229. The van der Waals surface area contributed by atoms with Gasteiger partial charge in [-0.05, 0) is 45.7 Å². The average Bonchev–Trinajstić information content (AvgIpc) is 3.40. The van der Waals surface area contributed by atoms with E-state index in [2.05, 4.69) is 39.3 Å². The maximum absolute atomic E-state index is 13.5. The second-order valence-electron chi connectivity index (χ2n) is 11.1. The van der Waals surface area contributed by atoms with Crippen molar-refractivity contribution in [2.45, 2.75) is 38.8 Å². The van der Waals surface area contributed by atoms with Crippen molar-refractivity contribution in [3.63, 3.8) is 0 Å². The SMILES string of the molecule is CN1C(=O)NC(=O)[C@@]12Cc1ccc(NC(=O)CN(Cc3ccc4ccccc4c3)C(=O)C(C)(C)CI)cc1C2. The third-order valence-electron chi connectivity index (χ3n) is 7.77. The van der Waals surface area contributed by atoms with Crippen LogP contribution in [-0.4, -0.2) is 57.1 Å². The Bertz CT molecular complexity index is 1500. The number of carbonyl (C=O) groups excluding carboxylic acids is 4. The van der Waals surface area contributed by atoms with E-state index < -0.39 is 17.0 Å². The van der Waals surface area contributed by atoms with Crippen LogP contribution in [0.25, 0.3) is 10.8 Å². The fourth-order valence-corrected chi connectivity index (χ4v) is 5.72. The molecular formula is C30H31IN4O4. The maximum Gasteiger partial charge on any atom is 0.324 e. The lowest BCUT2D eigenvalue weighted by molar-refractivity contribution is -0.142. The van der Waals surface area contributed by atoms with Gasteiger partial charge in [0.2, 0.25) is 11.8 Å². The number of rotatable bonds is 7. The van der Waals surface area contributed by atoms with Gasteiger partial charge in [-0.2, -0.15) is 0 Å². The number of nitrogens with zero attached hydrogens (tertiary/aromatic N) is 2. The molecule has 0 bridgehead atoms. The highest BCUT2D eigenvalue weighted by Crippen LogP contribution is 2.38. The number of alkyl halides is 1. The summed E-state index contributed by atoms with van der Waals surface area (Å²) in [6, 6.07) is 19.3. The summed E-state index contributed by atoms with van der Waals surface area (Å²) in [5.41, 5.74) is 1.90. The van der Waals surface area contributed by atoms with Crippen LogP contribution in [0.15, 0.2) is 60.7 Å². The summed E-state index contributed by atoms with van der Waals surface area (Å²) in [4.78, 5) is 54.5. The monoisotopic (exact) mass is 638 g/mol. The molecule has 5 rings (SSSR count). The van der Waals surface area contributed by atoms with E-state index in [0.717, 1.165) is 27.5 Å². The smallest absolute Gasteiger partial charge is 0.324 e. The second-order valence-corrected chi connectivity index (χ2v) is 11.9. The fourth-order valence-electron chi connectivity index (χ4n) is 5.39. The molecule has 1 saturated heterocycles. The van der Waals surface area contributed by atoms with Gasteiger partial charge in [-0.15, -0.1) is 0 Å². The molecule has 8 nitrogen and oxygen atoms in total. The summed E-state index contributed by atoms with van der Waals surface area (Å²) < 4.78 is 0.622. The molecule has 39 heavy (non-hydrogen) atoms. The van der Waals surface area contributed by atoms with Gasteiger partial charge in [-0.25, -0.2) is 4.79 Å². The van der Waals surface area contributed by atoms with Gasteiger partial charge in [-0.3, -0.25) is 19.7 Å². The molecule has 3 aromatic carbocycles. The van der Waals surface area contributed by atoms with Crippen molar-refractivity contribution in [2.24, 2.45) is 5.41 Å². The van der Waals surface area contributed by atoms with E-state index in [9.17, 15) is 19.2 Å². The van der Waals surface area contributed by atoms with Crippen molar-refractivity contribution in [1.82, 2.24) is 15.1 Å². The number of anilines is 1. The van der Waals surface area contributed by atoms with Crippen LogP contribution in [0.4, 0.5) is 10.5 Å². The summed E-state index contributed by atoms with van der Waals surface area (Å²) in [5.74, 6) is -0.680. The molecule has 5 amide bonds. The molecule has 9 heteroatoms. The second kappa shape index (κ2) is 10.3. The highest BCUT2D eigenvalue weighted by atomic mass is 127. The molecule has 1 atom stereocenters. The first kappa shape index (κ1) is 27.1. The summed E-state index contributed by atoms with van der Waals surface area (Å²) in [7, 11) is 1.63. The zero-order valence-electron chi connectivity index (χ0n) is 22.2. The topological polar surface area (TPSA) is 98.8 Å². The number of hydrogen-bond acceptors (Lipinski definition) is 4. The lowest BCUT2D eigenvalue weighted by Gasteiger charge is -2.30. The molecule has 202 valence electrons. The third kappa shape index (κ3) is 5.11. The van der Waals surface area contributed by atoms with Gasteiger partial charge in [0.15, 0.2) is 0 Å². The molecule has 0 aromatic heterocycles. The Morgan fingerprint density at radius 2 is 1.74 bits per heavy atom. The van der Waals surface area contributed by atoms with Gasteiger partial charge < -0.3 is 15.1 Å². The average molecular weight is 639 g/mol. The van der Waals surface area contributed by atoms with Gasteiger partial charge in [0.25, 0.3) is 5.91 Å². The minimum absolute atomic E-state index is 0.0870. The molecule has 0 radical (unpaired) electrons. The van der Waals surface area contributed by atoms with Crippen LogP contribution in [0.3, 0.4) is 0 Å². The predicted molar refractivity (Wildman–Crippen MR) is 159 cm³/mol. The minimum Gasteiger partial charge on any atom is -0.329 e. The molecule has 1 aliphatic carbocycles. The Balaban J connectivity index is 1.33. The minimum atomic E-state index is -0.920. The molecule has 2 aliphatic rings. The number of nitrogens with one attached hydrogen (secondary N) is 2. The van der Waals surface area contributed by atoms with Crippen molar-refractivity contribution in [2.75, 3.05) is 23.3 Å². The molecule has 0 saturated carbocycles. The Hall–Kier alpha value is -3.47. The van der Waals surface area contributed by atoms with Crippen molar-refractivity contribution in [3.05, 3.63) is 77.4 Å². The van der Waals surface area contributed by atoms with Crippen molar-refractivity contribution in [1.29, 1.82) is 0 Å². The van der Waals surface area contributed by atoms with E-state index in [1.165, 1.54) is 4.90 Å². The third-order valence-corrected chi connectivity index (χ3v) is 9.67. The van der Waals surface area contributed by atoms with E-state index in [0.29, 0.717) is 29.5 Å². The van der Waals surface area contributed by atoms with Crippen LogP contribution in [0.2, 0.25) is 0 Å². The van der Waals surface area contributed by atoms with Crippen LogP contribution in [0, 0.1) is 5.41 Å². The molecule has 2 N–H and O–H groups in total. The van der Waals surface area contributed by atoms with Gasteiger partial charge in [0.05, 0.1) is 5.41 Å². The first-order valence-electron chi connectivity index (χ1n) is 12.9. The van der Waals surface area contributed by atoms with Crippen LogP contribution in [0.1, 0.15) is 30.5 Å². The lowest BCUT2D eigenvalue weighted by Crippen LogP contribution is -2.48. The number of benzene rings is 3. The van der Waals surface area contributed by atoms with Gasteiger partial charge in [-0.1, -0.05) is 78.9 Å². The van der Waals surface area contributed by atoms with Crippen molar-refractivity contribution >= 4 is 62.8 Å². The number of hydrogen-bond donors (Lipinski definition) is 2. The highest BCUT2D eigenvalue weighted by molar-refractivity contribution is 14.1. The first-order chi connectivity index (χ1) is 18.5. The normalized spacial score (nSPS) is 18.4. The van der Waals surface area contributed by atoms with Crippen molar-refractivity contribution in [3.8, 4) is 0 Å². The zero-order valence-corrected chi connectivity index (χ0v) is 24.4.